The molecule has 2 aliphatic rings. The Kier molecular flexibility index (Phi) is 6.59. The van der Waals surface area contributed by atoms with Crippen molar-refractivity contribution in [1.29, 1.82) is 0 Å². The number of nitro benzene ring substituents is 1. The van der Waals surface area contributed by atoms with Crippen molar-refractivity contribution in [2.75, 3.05) is 4.90 Å². The number of hydrogen-bond donors (Lipinski definition) is 0. The van der Waals surface area contributed by atoms with Gasteiger partial charge in [-0.3, -0.25) is 24.5 Å². The van der Waals surface area contributed by atoms with Crippen molar-refractivity contribution < 1.29 is 23.7 Å². The molecule has 40 heavy (non-hydrogen) atoms. The molecule has 10 nitrogen and oxygen atoms in total. The van der Waals surface area contributed by atoms with E-state index >= 15 is 0 Å². The van der Waals surface area contributed by atoms with Gasteiger partial charge in [-0.1, -0.05) is 37.5 Å². The van der Waals surface area contributed by atoms with Crippen LogP contribution in [0.3, 0.4) is 0 Å². The Bertz CT molecular complexity index is 1590. The predicted octanol–water partition coefficient (Wildman–Crippen LogP) is 5.51. The van der Waals surface area contributed by atoms with Crippen LogP contribution in [0.2, 0.25) is 0 Å². The molecule has 1 saturated heterocycles. The summed E-state index contributed by atoms with van der Waals surface area (Å²) < 4.78 is 5.82. The molecule has 6 rings (SSSR count). The van der Waals surface area contributed by atoms with E-state index in [-0.39, 0.29) is 23.7 Å². The molecular formula is C30H26N4O6. The first kappa shape index (κ1) is 25.4. The van der Waals surface area contributed by atoms with Crippen LogP contribution in [-0.4, -0.2) is 44.6 Å². The van der Waals surface area contributed by atoms with Gasteiger partial charge in [0, 0.05) is 29.3 Å². The molecule has 3 aromatic carbocycles. The van der Waals surface area contributed by atoms with Gasteiger partial charge in [0.2, 0.25) is 11.8 Å². The monoisotopic (exact) mass is 538 g/mol. The number of aromatic nitrogens is 1. The minimum Gasteiger partial charge on any atom is -0.436 e. The van der Waals surface area contributed by atoms with Gasteiger partial charge in [0.25, 0.3) is 17.5 Å². The molecule has 0 N–H and O–H groups in total. The van der Waals surface area contributed by atoms with E-state index in [4.69, 9.17) is 4.42 Å². The largest absolute Gasteiger partial charge is 0.436 e. The first-order valence-corrected chi connectivity index (χ1v) is 13.3. The van der Waals surface area contributed by atoms with Crippen LogP contribution in [0.15, 0.2) is 77.2 Å². The fourth-order valence-corrected chi connectivity index (χ4v) is 5.68. The van der Waals surface area contributed by atoms with Crippen LogP contribution in [0.25, 0.3) is 22.6 Å². The Balaban J connectivity index is 1.29. The van der Waals surface area contributed by atoms with Crippen LogP contribution in [0.5, 0.6) is 0 Å². The lowest BCUT2D eigenvalue weighted by Gasteiger charge is -2.37. The second kappa shape index (κ2) is 10.4. The first-order chi connectivity index (χ1) is 19.4. The summed E-state index contributed by atoms with van der Waals surface area (Å²) >= 11 is 0. The number of carbonyl (C=O) groups is 3. The Hall–Kier alpha value is -4.86. The normalized spacial score (nSPS) is 17.9. The Morgan fingerprint density at radius 2 is 1.73 bits per heavy atom. The highest BCUT2D eigenvalue weighted by atomic mass is 16.6. The molecule has 1 aliphatic carbocycles. The number of anilines is 1. The van der Waals surface area contributed by atoms with Crippen LogP contribution in [0, 0.1) is 10.1 Å². The van der Waals surface area contributed by atoms with Gasteiger partial charge in [0.1, 0.15) is 11.6 Å². The quantitative estimate of drug-likeness (QED) is 0.180. The lowest BCUT2D eigenvalue weighted by atomic mass is 9.92. The van der Waals surface area contributed by atoms with Crippen molar-refractivity contribution in [3.8, 4) is 11.5 Å². The van der Waals surface area contributed by atoms with Gasteiger partial charge in [-0.2, -0.15) is 0 Å². The number of non-ortho nitro benzene ring substituents is 1. The molecule has 0 bridgehead atoms. The molecule has 1 atom stereocenters. The highest BCUT2D eigenvalue weighted by Gasteiger charge is 2.46. The van der Waals surface area contributed by atoms with Crippen molar-refractivity contribution in [2.45, 2.75) is 50.6 Å². The Morgan fingerprint density at radius 1 is 0.975 bits per heavy atom. The van der Waals surface area contributed by atoms with E-state index in [0.29, 0.717) is 35.6 Å². The van der Waals surface area contributed by atoms with Gasteiger partial charge < -0.3 is 9.32 Å². The number of carbonyl (C=O) groups excluding carboxylic acids is 3. The first-order valence-electron chi connectivity index (χ1n) is 13.3. The molecular weight excluding hydrogens is 512 g/mol. The minimum absolute atomic E-state index is 0.126. The Labute approximate surface area is 229 Å². The van der Waals surface area contributed by atoms with Gasteiger partial charge in [0.05, 0.1) is 17.0 Å². The number of hydrogen-bond acceptors (Lipinski definition) is 7. The van der Waals surface area contributed by atoms with E-state index in [2.05, 4.69) is 4.98 Å². The molecule has 3 amide bonds. The molecule has 1 unspecified atom stereocenters. The molecule has 0 radical (unpaired) electrons. The summed E-state index contributed by atoms with van der Waals surface area (Å²) in [6.07, 6.45) is 4.10. The van der Waals surface area contributed by atoms with E-state index in [1.54, 1.807) is 24.3 Å². The molecule has 1 aliphatic heterocycles. The van der Waals surface area contributed by atoms with Crippen molar-refractivity contribution >= 4 is 40.2 Å². The van der Waals surface area contributed by atoms with Crippen LogP contribution < -0.4 is 4.90 Å². The molecule has 1 saturated carbocycles. The van der Waals surface area contributed by atoms with Crippen LogP contribution in [0.1, 0.15) is 48.9 Å². The number of imide groups is 1. The van der Waals surface area contributed by atoms with Gasteiger partial charge in [-0.25, -0.2) is 9.88 Å². The molecule has 10 heteroatoms. The maximum Gasteiger partial charge on any atom is 0.270 e. The van der Waals surface area contributed by atoms with Crippen molar-refractivity contribution in [2.24, 2.45) is 0 Å². The summed E-state index contributed by atoms with van der Waals surface area (Å²) in [4.78, 5) is 58.6. The SMILES string of the molecule is O=C1CC(N(C(=O)c2cccc([N+](=O)[O-])c2)C2CCCCC2)C(=O)N1c1ccc(-c2nc3ccccc3o2)cc1. The summed E-state index contributed by atoms with van der Waals surface area (Å²) in [7, 11) is 0. The number of nitro groups is 1. The zero-order valence-electron chi connectivity index (χ0n) is 21.6. The van der Waals surface area contributed by atoms with E-state index < -0.39 is 28.7 Å². The third-order valence-electron chi connectivity index (χ3n) is 7.63. The standard InChI is InChI=1S/C30H26N4O6/c35-27-18-25(32(21-8-2-1-3-9-21)29(36)20-7-6-10-23(17-20)34(38)39)30(37)33(27)22-15-13-19(14-16-22)28-31-24-11-4-5-12-26(24)40-28/h4-7,10-17,21,25H,1-3,8-9,18H2. The summed E-state index contributed by atoms with van der Waals surface area (Å²) in [5.74, 6) is -0.938. The average molecular weight is 539 g/mol. The molecule has 2 heterocycles. The van der Waals surface area contributed by atoms with E-state index in [0.717, 1.165) is 29.7 Å². The highest BCUT2D eigenvalue weighted by molar-refractivity contribution is 6.23. The van der Waals surface area contributed by atoms with Gasteiger partial charge >= 0.3 is 0 Å². The number of benzene rings is 3. The fraction of sp³-hybridized carbons (Fsp3) is 0.267. The number of rotatable bonds is 6. The maximum atomic E-state index is 13.8. The topological polar surface area (TPSA) is 127 Å². The van der Waals surface area contributed by atoms with Crippen LogP contribution in [0.4, 0.5) is 11.4 Å². The second-order valence-corrected chi connectivity index (χ2v) is 10.1. The summed E-state index contributed by atoms with van der Waals surface area (Å²) in [5.41, 5.74) is 2.39. The average Bonchev–Trinajstić information content (AvgIpc) is 3.54. The van der Waals surface area contributed by atoms with Gasteiger partial charge in [0.15, 0.2) is 5.58 Å². The van der Waals surface area contributed by atoms with Crippen LogP contribution >= 0.6 is 0 Å². The molecule has 0 spiro atoms. The third-order valence-corrected chi connectivity index (χ3v) is 7.63. The minimum atomic E-state index is -0.987. The second-order valence-electron chi connectivity index (χ2n) is 10.1. The number of nitrogens with zero attached hydrogens (tertiary/aromatic N) is 4. The lowest BCUT2D eigenvalue weighted by molar-refractivity contribution is -0.384. The van der Waals surface area contributed by atoms with Crippen molar-refractivity contribution in [3.63, 3.8) is 0 Å². The van der Waals surface area contributed by atoms with Crippen LogP contribution in [-0.2, 0) is 9.59 Å². The Morgan fingerprint density at radius 3 is 2.45 bits per heavy atom. The maximum absolute atomic E-state index is 13.8. The zero-order valence-corrected chi connectivity index (χ0v) is 21.6. The van der Waals surface area contributed by atoms with Gasteiger partial charge in [-0.15, -0.1) is 0 Å². The summed E-state index contributed by atoms with van der Waals surface area (Å²) in [5, 5.41) is 11.3. The van der Waals surface area contributed by atoms with Crippen molar-refractivity contribution in [3.05, 3.63) is 88.5 Å². The molecule has 202 valence electrons. The number of oxazole rings is 1. The lowest BCUT2D eigenvalue weighted by Crippen LogP contribution is -2.51. The highest BCUT2D eigenvalue weighted by Crippen LogP contribution is 2.34. The summed E-state index contributed by atoms with van der Waals surface area (Å²) in [6, 6.07) is 18.5. The van der Waals surface area contributed by atoms with Crippen molar-refractivity contribution in [1.82, 2.24) is 9.88 Å². The zero-order chi connectivity index (χ0) is 27.8. The van der Waals surface area contributed by atoms with E-state index in [1.807, 2.05) is 24.3 Å². The predicted molar refractivity (Wildman–Crippen MR) is 146 cm³/mol. The van der Waals surface area contributed by atoms with E-state index in [1.165, 1.54) is 29.2 Å². The number of para-hydroxylation sites is 2. The summed E-state index contributed by atoms with van der Waals surface area (Å²) in [6.45, 7) is 0. The molecule has 1 aromatic heterocycles. The number of amides is 3. The third kappa shape index (κ3) is 4.61. The molecule has 4 aromatic rings. The number of fused-ring (bicyclic) bond motifs is 1. The molecule has 2 fully saturated rings. The van der Waals surface area contributed by atoms with Gasteiger partial charge in [-0.05, 0) is 55.3 Å². The van der Waals surface area contributed by atoms with E-state index in [9.17, 15) is 24.5 Å². The smallest absolute Gasteiger partial charge is 0.270 e. The fourth-order valence-electron chi connectivity index (χ4n) is 5.68.